The third kappa shape index (κ3) is 3.91. The van der Waals surface area contributed by atoms with Gasteiger partial charge in [-0.2, -0.15) is 5.10 Å². The van der Waals surface area contributed by atoms with E-state index in [1.807, 2.05) is 12.3 Å². The molecule has 1 aromatic carbocycles. The van der Waals surface area contributed by atoms with E-state index in [2.05, 4.69) is 43.0 Å². The first-order valence-electron chi connectivity index (χ1n) is 9.41. The average molecular weight is 374 g/mol. The summed E-state index contributed by atoms with van der Waals surface area (Å²) in [6.45, 7) is 8.49. The first-order valence-corrected chi connectivity index (χ1v) is 10.5. The van der Waals surface area contributed by atoms with Crippen LogP contribution in [0.4, 0.5) is 0 Å². The van der Waals surface area contributed by atoms with Gasteiger partial charge < -0.3 is 9.15 Å². The lowest BCUT2D eigenvalue weighted by Gasteiger charge is -2.33. The Morgan fingerprint density at radius 1 is 1.31 bits per heavy atom. The molecule has 0 radical (unpaired) electrons. The molecule has 0 aliphatic carbocycles. The second-order valence-corrected chi connectivity index (χ2v) is 9.23. The molecular formula is C20H27N3O2S. The molecule has 1 fully saturated rings. The number of fused-ring (bicyclic) bond motifs is 1. The number of aromatic nitrogens is 1. The molecule has 140 valence electrons. The van der Waals surface area contributed by atoms with Crippen molar-refractivity contribution >= 4 is 29.1 Å². The highest BCUT2D eigenvalue weighted by atomic mass is 32.2. The summed E-state index contributed by atoms with van der Waals surface area (Å²) < 4.78 is 11.9. The molecule has 0 N–H and O–H groups in total. The minimum atomic E-state index is 0.116. The van der Waals surface area contributed by atoms with Gasteiger partial charge in [0.2, 0.25) is 5.89 Å². The Labute approximate surface area is 159 Å². The monoisotopic (exact) mass is 373 g/mol. The summed E-state index contributed by atoms with van der Waals surface area (Å²) in [5.41, 5.74) is 3.39. The number of oxazole rings is 1. The van der Waals surface area contributed by atoms with Gasteiger partial charge in [-0.05, 0) is 29.5 Å². The zero-order valence-corrected chi connectivity index (χ0v) is 16.6. The normalized spacial score (nSPS) is 23.9. The second-order valence-electron chi connectivity index (χ2n) is 8.08. The molecule has 0 amide bonds. The van der Waals surface area contributed by atoms with Crippen LogP contribution in [0.3, 0.4) is 0 Å². The van der Waals surface area contributed by atoms with Crippen molar-refractivity contribution in [2.75, 3.05) is 13.2 Å². The second kappa shape index (κ2) is 7.24. The molecule has 1 saturated heterocycles. The maximum absolute atomic E-state index is 5.94. The van der Waals surface area contributed by atoms with Gasteiger partial charge in [0.15, 0.2) is 5.58 Å². The molecule has 6 heteroatoms. The number of thioether (sulfide) groups is 1. The Hall–Kier alpha value is -1.53. The number of hydrazone groups is 1. The molecular weight excluding hydrogens is 346 g/mol. The minimum Gasteiger partial charge on any atom is -0.440 e. The molecule has 26 heavy (non-hydrogen) atoms. The van der Waals surface area contributed by atoms with Crippen molar-refractivity contribution in [3.05, 3.63) is 29.7 Å². The summed E-state index contributed by atoms with van der Waals surface area (Å²) >= 11 is 1.78. The van der Waals surface area contributed by atoms with Crippen LogP contribution in [0, 0.1) is 0 Å². The summed E-state index contributed by atoms with van der Waals surface area (Å²) in [4.78, 5) is 4.69. The summed E-state index contributed by atoms with van der Waals surface area (Å²) in [7, 11) is 0. The van der Waals surface area contributed by atoms with Gasteiger partial charge in [-0.15, -0.1) is 11.8 Å². The van der Waals surface area contributed by atoms with E-state index in [9.17, 15) is 0 Å². The van der Waals surface area contributed by atoms with Crippen molar-refractivity contribution in [3.63, 3.8) is 0 Å². The van der Waals surface area contributed by atoms with Gasteiger partial charge in [-0.3, -0.25) is 5.01 Å². The molecule has 2 aromatic rings. The standard InChI is InChI=1S/C20H27N3O2S/c1-20(2,3)14-5-6-17-16(11-14)22-18(25-17)13-26-19-12-15(7-10-24-19)23-9-4-8-21-23/h5-6,8,11,15,19H,4,7,9-10,12-13H2,1-3H3. The van der Waals surface area contributed by atoms with Gasteiger partial charge in [-0.1, -0.05) is 26.8 Å². The van der Waals surface area contributed by atoms with E-state index < -0.39 is 0 Å². The van der Waals surface area contributed by atoms with Gasteiger partial charge in [0.1, 0.15) is 11.0 Å². The molecule has 3 heterocycles. The van der Waals surface area contributed by atoms with E-state index in [0.717, 1.165) is 55.2 Å². The Morgan fingerprint density at radius 3 is 2.96 bits per heavy atom. The van der Waals surface area contributed by atoms with Crippen molar-refractivity contribution in [2.45, 2.75) is 62.7 Å². The van der Waals surface area contributed by atoms with Gasteiger partial charge in [-0.25, -0.2) is 4.98 Å². The van der Waals surface area contributed by atoms with Crippen molar-refractivity contribution in [1.82, 2.24) is 9.99 Å². The van der Waals surface area contributed by atoms with E-state index in [0.29, 0.717) is 6.04 Å². The third-order valence-electron chi connectivity index (χ3n) is 5.05. The van der Waals surface area contributed by atoms with Crippen molar-refractivity contribution in [2.24, 2.45) is 5.10 Å². The summed E-state index contributed by atoms with van der Waals surface area (Å²) in [6.07, 6.45) is 5.15. The van der Waals surface area contributed by atoms with Crippen LogP contribution in [-0.2, 0) is 15.9 Å². The average Bonchev–Trinajstić information content (AvgIpc) is 3.28. The zero-order chi connectivity index (χ0) is 18.1. The largest absolute Gasteiger partial charge is 0.440 e. The molecule has 2 aliphatic rings. The SMILES string of the molecule is CC(C)(C)c1ccc2oc(CSC3CC(N4CCC=N4)CCO3)nc2c1. The summed E-state index contributed by atoms with van der Waals surface area (Å²) in [5, 5.41) is 6.71. The fourth-order valence-corrected chi connectivity index (χ4v) is 4.49. The minimum absolute atomic E-state index is 0.116. The highest BCUT2D eigenvalue weighted by Gasteiger charge is 2.28. The predicted molar refractivity (Wildman–Crippen MR) is 107 cm³/mol. The number of ether oxygens (including phenoxy) is 1. The lowest BCUT2D eigenvalue weighted by molar-refractivity contribution is 0.0204. The van der Waals surface area contributed by atoms with Crippen LogP contribution in [0.5, 0.6) is 0 Å². The Kier molecular flexibility index (Phi) is 4.97. The lowest BCUT2D eigenvalue weighted by atomic mass is 9.87. The van der Waals surface area contributed by atoms with Crippen LogP contribution < -0.4 is 0 Å². The maximum atomic E-state index is 5.94. The van der Waals surface area contributed by atoms with Crippen molar-refractivity contribution in [3.8, 4) is 0 Å². The fourth-order valence-electron chi connectivity index (χ4n) is 3.49. The van der Waals surface area contributed by atoms with Gasteiger partial charge >= 0.3 is 0 Å². The topological polar surface area (TPSA) is 50.9 Å². The van der Waals surface area contributed by atoms with E-state index in [1.54, 1.807) is 11.8 Å². The lowest BCUT2D eigenvalue weighted by Crippen LogP contribution is -2.37. The number of hydrogen-bond acceptors (Lipinski definition) is 6. The van der Waals surface area contributed by atoms with Crippen LogP contribution in [0.2, 0.25) is 0 Å². The van der Waals surface area contributed by atoms with E-state index in [-0.39, 0.29) is 10.9 Å². The summed E-state index contributed by atoms with van der Waals surface area (Å²) in [5.74, 6) is 1.51. The maximum Gasteiger partial charge on any atom is 0.205 e. The van der Waals surface area contributed by atoms with Crippen LogP contribution >= 0.6 is 11.8 Å². The number of benzene rings is 1. The highest BCUT2D eigenvalue weighted by molar-refractivity contribution is 7.98. The smallest absolute Gasteiger partial charge is 0.205 e. The summed E-state index contributed by atoms with van der Waals surface area (Å²) in [6, 6.07) is 6.81. The van der Waals surface area contributed by atoms with Gasteiger partial charge in [0.25, 0.3) is 0 Å². The number of rotatable bonds is 4. The molecule has 2 atom stereocenters. The first kappa shape index (κ1) is 17.9. The molecule has 0 bridgehead atoms. The van der Waals surface area contributed by atoms with E-state index in [1.165, 1.54) is 5.56 Å². The molecule has 0 saturated carbocycles. The Bertz CT molecular complexity index is 796. The van der Waals surface area contributed by atoms with E-state index >= 15 is 0 Å². The molecule has 1 aromatic heterocycles. The predicted octanol–water partition coefficient (Wildman–Crippen LogP) is 4.56. The van der Waals surface area contributed by atoms with Gasteiger partial charge in [0, 0.05) is 25.6 Å². The number of nitrogens with zero attached hydrogens (tertiary/aromatic N) is 3. The molecule has 4 rings (SSSR count). The first-order chi connectivity index (χ1) is 12.5. The molecule has 0 spiro atoms. The molecule has 2 aliphatic heterocycles. The Morgan fingerprint density at radius 2 is 2.19 bits per heavy atom. The van der Waals surface area contributed by atoms with Crippen molar-refractivity contribution < 1.29 is 9.15 Å². The van der Waals surface area contributed by atoms with Crippen LogP contribution in [0.25, 0.3) is 11.1 Å². The number of hydrogen-bond donors (Lipinski definition) is 0. The molecule has 5 nitrogen and oxygen atoms in total. The quantitative estimate of drug-likeness (QED) is 0.787. The van der Waals surface area contributed by atoms with Gasteiger partial charge in [0.05, 0.1) is 18.4 Å². The van der Waals surface area contributed by atoms with Crippen LogP contribution in [0.15, 0.2) is 27.7 Å². The zero-order valence-electron chi connectivity index (χ0n) is 15.8. The van der Waals surface area contributed by atoms with Crippen molar-refractivity contribution in [1.29, 1.82) is 0 Å². The third-order valence-corrected chi connectivity index (χ3v) is 6.16. The van der Waals surface area contributed by atoms with Crippen LogP contribution in [-0.4, -0.2) is 40.8 Å². The Balaban J connectivity index is 1.38. The fraction of sp³-hybridized carbons (Fsp3) is 0.600. The molecule has 2 unspecified atom stereocenters. The van der Waals surface area contributed by atoms with E-state index in [4.69, 9.17) is 14.1 Å². The van der Waals surface area contributed by atoms with Crippen LogP contribution in [0.1, 0.15) is 51.5 Å². The highest BCUT2D eigenvalue weighted by Crippen LogP contribution is 2.31.